The molecule has 0 aromatic heterocycles. The molecule has 25 heavy (non-hydrogen) atoms. The molecule has 1 aromatic rings. The van der Waals surface area contributed by atoms with Gasteiger partial charge in [-0.2, -0.15) is 13.2 Å². The van der Waals surface area contributed by atoms with Crippen molar-refractivity contribution in [2.45, 2.75) is 31.6 Å². The molecule has 0 unspecified atom stereocenters. The van der Waals surface area contributed by atoms with Crippen molar-refractivity contribution in [3.63, 3.8) is 0 Å². The molecule has 1 N–H and O–H groups in total. The maximum atomic E-state index is 14.1. The van der Waals surface area contributed by atoms with Gasteiger partial charge >= 0.3 is 12.1 Å². The first-order valence-corrected chi connectivity index (χ1v) is 7.92. The highest BCUT2D eigenvalue weighted by molar-refractivity contribution is 5.83. The van der Waals surface area contributed by atoms with Gasteiger partial charge in [0.05, 0.1) is 19.3 Å². The van der Waals surface area contributed by atoms with Crippen molar-refractivity contribution < 1.29 is 27.4 Å². The Morgan fingerprint density at radius 2 is 1.92 bits per heavy atom. The second-order valence-corrected chi connectivity index (χ2v) is 5.61. The van der Waals surface area contributed by atoms with Crippen LogP contribution in [0.15, 0.2) is 43.0 Å². The number of hydrogen-bond donors (Lipinski definition) is 1. The Balaban J connectivity index is 3.42. The van der Waals surface area contributed by atoms with Gasteiger partial charge in [0.2, 0.25) is 5.54 Å². The lowest BCUT2D eigenvalue weighted by Crippen LogP contribution is -2.67. The second kappa shape index (κ2) is 9.01. The molecule has 0 fully saturated rings. The van der Waals surface area contributed by atoms with E-state index in [9.17, 15) is 18.0 Å². The summed E-state index contributed by atoms with van der Waals surface area (Å²) >= 11 is 0. The van der Waals surface area contributed by atoms with Crippen LogP contribution in [0.2, 0.25) is 0 Å². The number of benzene rings is 1. The van der Waals surface area contributed by atoms with Crippen molar-refractivity contribution >= 4 is 5.97 Å². The summed E-state index contributed by atoms with van der Waals surface area (Å²) in [5.41, 5.74) is -2.36. The number of halogens is 3. The Morgan fingerprint density at radius 1 is 1.32 bits per heavy atom. The van der Waals surface area contributed by atoms with Crippen LogP contribution >= 0.6 is 0 Å². The van der Waals surface area contributed by atoms with Gasteiger partial charge in [-0.15, -0.1) is 6.58 Å². The van der Waals surface area contributed by atoms with E-state index in [0.29, 0.717) is 5.56 Å². The molecule has 1 aromatic carbocycles. The Bertz CT molecular complexity index is 562. The number of carbonyl (C=O) groups is 1. The Labute approximate surface area is 146 Å². The zero-order valence-electron chi connectivity index (χ0n) is 14.6. The largest absolute Gasteiger partial charge is 0.464 e. The van der Waals surface area contributed by atoms with Gasteiger partial charge in [-0.05, 0) is 12.5 Å². The third-order valence-corrected chi connectivity index (χ3v) is 4.02. The number of alkyl halides is 3. The van der Waals surface area contributed by atoms with Crippen LogP contribution in [-0.2, 0) is 14.3 Å². The van der Waals surface area contributed by atoms with E-state index in [4.69, 9.17) is 9.47 Å². The van der Waals surface area contributed by atoms with E-state index < -0.39 is 29.6 Å². The van der Waals surface area contributed by atoms with Gasteiger partial charge in [-0.3, -0.25) is 5.32 Å². The van der Waals surface area contributed by atoms with E-state index in [1.165, 1.54) is 21.0 Å². The summed E-state index contributed by atoms with van der Waals surface area (Å²) in [6, 6.07) is 7.64. The van der Waals surface area contributed by atoms with E-state index in [1.807, 2.05) is 0 Å². The van der Waals surface area contributed by atoms with Crippen molar-refractivity contribution in [2.75, 3.05) is 20.3 Å². The smallest absolute Gasteiger partial charge is 0.418 e. The first kappa shape index (κ1) is 21.2. The normalized spacial score (nSPS) is 16.6. The van der Waals surface area contributed by atoms with Crippen LogP contribution in [0.3, 0.4) is 0 Å². The van der Waals surface area contributed by atoms with Gasteiger partial charge in [0.25, 0.3) is 0 Å². The van der Waals surface area contributed by atoms with Crippen LogP contribution in [0.4, 0.5) is 13.2 Å². The molecule has 0 heterocycles. The summed E-state index contributed by atoms with van der Waals surface area (Å²) in [6.07, 6.45) is -3.81. The predicted octanol–water partition coefficient (Wildman–Crippen LogP) is 3.65. The van der Waals surface area contributed by atoms with Gasteiger partial charge in [-0.1, -0.05) is 43.3 Å². The highest BCUT2D eigenvalue weighted by Gasteiger charge is 2.64. The van der Waals surface area contributed by atoms with Crippen molar-refractivity contribution in [1.29, 1.82) is 0 Å². The Hall–Kier alpha value is -1.86. The van der Waals surface area contributed by atoms with Gasteiger partial charge in [0, 0.05) is 13.0 Å². The molecule has 0 saturated carbocycles. The lowest BCUT2D eigenvalue weighted by Gasteiger charge is -2.40. The van der Waals surface area contributed by atoms with E-state index in [2.05, 4.69) is 11.9 Å². The molecule has 0 radical (unpaired) electrons. The number of hydrogen-bond acceptors (Lipinski definition) is 4. The lowest BCUT2D eigenvalue weighted by molar-refractivity contribution is -0.223. The molecule has 7 heteroatoms. The topological polar surface area (TPSA) is 47.6 Å². The maximum absolute atomic E-state index is 14.1. The molecule has 4 nitrogen and oxygen atoms in total. The van der Waals surface area contributed by atoms with Crippen LogP contribution in [0.1, 0.15) is 25.5 Å². The highest BCUT2D eigenvalue weighted by Crippen LogP contribution is 2.40. The molecule has 0 spiro atoms. The van der Waals surface area contributed by atoms with Crippen LogP contribution < -0.4 is 5.32 Å². The molecule has 0 aliphatic carbocycles. The van der Waals surface area contributed by atoms with Crippen molar-refractivity contribution in [3.8, 4) is 0 Å². The molecular formula is C18H24F3NO3. The Morgan fingerprint density at radius 3 is 2.36 bits per heavy atom. The standard InChI is InChI=1S/C18H24F3NO3/c1-5-13(3)17(18(19,20)21,16(23)25-6-2)22-15(12-24-4)14-10-8-7-9-11-14/h5,7-11,13,15,22H,1,6,12H2,2-4H3/t13-,15-,17+/m0/s1. The summed E-state index contributed by atoms with van der Waals surface area (Å²) in [5, 5.41) is 2.46. The highest BCUT2D eigenvalue weighted by atomic mass is 19.4. The minimum atomic E-state index is -4.90. The number of methoxy groups -OCH3 is 1. The molecule has 0 aliphatic rings. The molecule has 0 saturated heterocycles. The summed E-state index contributed by atoms with van der Waals surface area (Å²) in [4.78, 5) is 12.4. The zero-order chi connectivity index (χ0) is 19.1. The molecule has 0 bridgehead atoms. The monoisotopic (exact) mass is 359 g/mol. The molecule has 140 valence electrons. The van der Waals surface area contributed by atoms with Crippen LogP contribution in [0, 0.1) is 5.92 Å². The third-order valence-electron chi connectivity index (χ3n) is 4.02. The van der Waals surface area contributed by atoms with E-state index in [-0.39, 0.29) is 13.2 Å². The fourth-order valence-corrected chi connectivity index (χ4v) is 2.60. The first-order chi connectivity index (χ1) is 11.7. The lowest BCUT2D eigenvalue weighted by atomic mass is 9.82. The average molecular weight is 359 g/mol. The molecule has 1 rings (SSSR count). The minimum absolute atomic E-state index is 0.0505. The minimum Gasteiger partial charge on any atom is -0.464 e. The Kier molecular flexibility index (Phi) is 7.63. The third kappa shape index (κ3) is 4.61. The van der Waals surface area contributed by atoms with E-state index >= 15 is 0 Å². The fraction of sp³-hybridized carbons (Fsp3) is 0.500. The van der Waals surface area contributed by atoms with Gasteiger partial charge in [0.15, 0.2) is 0 Å². The number of nitrogens with one attached hydrogen (secondary N) is 1. The van der Waals surface area contributed by atoms with Gasteiger partial charge < -0.3 is 9.47 Å². The fourth-order valence-electron chi connectivity index (χ4n) is 2.60. The number of carbonyl (C=O) groups excluding carboxylic acids is 1. The zero-order valence-corrected chi connectivity index (χ0v) is 14.6. The predicted molar refractivity (Wildman–Crippen MR) is 89.0 cm³/mol. The van der Waals surface area contributed by atoms with Crippen LogP contribution in [0.5, 0.6) is 0 Å². The average Bonchev–Trinajstić information content (AvgIpc) is 2.57. The van der Waals surface area contributed by atoms with Gasteiger partial charge in [-0.25, -0.2) is 4.79 Å². The van der Waals surface area contributed by atoms with Crippen molar-refractivity contribution in [3.05, 3.63) is 48.6 Å². The summed E-state index contributed by atoms with van der Waals surface area (Å²) in [7, 11) is 1.38. The molecule has 3 atom stereocenters. The number of rotatable bonds is 9. The summed E-state index contributed by atoms with van der Waals surface area (Å²) in [6.45, 7) is 5.95. The SMILES string of the molecule is C=C[C@H](C)[C@@](N[C@@H](COC)c1ccccc1)(C(=O)OCC)C(F)(F)F. The summed E-state index contributed by atoms with van der Waals surface area (Å²) < 4.78 is 52.0. The summed E-state index contributed by atoms with van der Waals surface area (Å²) in [5.74, 6) is -2.64. The number of esters is 1. The second-order valence-electron chi connectivity index (χ2n) is 5.61. The molecule has 0 aliphatic heterocycles. The van der Waals surface area contributed by atoms with Gasteiger partial charge in [0.1, 0.15) is 0 Å². The van der Waals surface area contributed by atoms with Crippen molar-refractivity contribution in [2.24, 2.45) is 5.92 Å². The van der Waals surface area contributed by atoms with E-state index in [1.54, 1.807) is 30.3 Å². The maximum Gasteiger partial charge on any atom is 0.418 e. The molecule has 0 amide bonds. The van der Waals surface area contributed by atoms with Crippen LogP contribution in [-0.4, -0.2) is 38.0 Å². The molecular weight excluding hydrogens is 335 g/mol. The van der Waals surface area contributed by atoms with Crippen LogP contribution in [0.25, 0.3) is 0 Å². The first-order valence-electron chi connectivity index (χ1n) is 7.92. The number of ether oxygens (including phenoxy) is 2. The quantitative estimate of drug-likeness (QED) is 0.540. The van der Waals surface area contributed by atoms with E-state index in [0.717, 1.165) is 6.08 Å². The van der Waals surface area contributed by atoms with Crippen molar-refractivity contribution in [1.82, 2.24) is 5.32 Å².